The standard InChI is InChI=1S/C18H21ClN2O3S/c1-18(2,3)20-17(22)15-10-9-14(19)11-16(15)21-25(23,24)12-13-7-5-4-6-8-13/h4-11,21H,12H2,1-3H3,(H,20,22). The summed E-state index contributed by atoms with van der Waals surface area (Å²) >= 11 is 5.98. The number of carbonyl (C=O) groups is 1. The van der Waals surface area contributed by atoms with Gasteiger partial charge >= 0.3 is 0 Å². The number of halogens is 1. The molecule has 0 fully saturated rings. The summed E-state index contributed by atoms with van der Waals surface area (Å²) in [5.74, 6) is -0.567. The number of hydrogen-bond donors (Lipinski definition) is 2. The van der Waals surface area contributed by atoms with Crippen molar-refractivity contribution in [2.24, 2.45) is 0 Å². The van der Waals surface area contributed by atoms with Gasteiger partial charge in [-0.1, -0.05) is 41.9 Å². The van der Waals surface area contributed by atoms with Gasteiger partial charge in [-0.2, -0.15) is 0 Å². The Morgan fingerprint density at radius 2 is 1.72 bits per heavy atom. The highest BCUT2D eigenvalue weighted by molar-refractivity contribution is 7.91. The van der Waals surface area contributed by atoms with Crippen molar-refractivity contribution in [2.45, 2.75) is 32.1 Å². The van der Waals surface area contributed by atoms with Crippen molar-refractivity contribution in [3.05, 3.63) is 64.7 Å². The SMILES string of the molecule is CC(C)(C)NC(=O)c1ccc(Cl)cc1NS(=O)(=O)Cc1ccccc1. The Morgan fingerprint density at radius 3 is 2.32 bits per heavy atom. The fourth-order valence-electron chi connectivity index (χ4n) is 2.20. The second-order valence-electron chi connectivity index (χ2n) is 6.74. The van der Waals surface area contributed by atoms with Crippen molar-refractivity contribution in [3.8, 4) is 0 Å². The molecule has 0 saturated heterocycles. The van der Waals surface area contributed by atoms with Gasteiger partial charge in [0.05, 0.1) is 17.0 Å². The maximum Gasteiger partial charge on any atom is 0.253 e. The van der Waals surface area contributed by atoms with E-state index in [1.165, 1.54) is 12.1 Å². The van der Waals surface area contributed by atoms with Crippen LogP contribution in [-0.4, -0.2) is 19.9 Å². The van der Waals surface area contributed by atoms with Crippen molar-refractivity contribution in [1.82, 2.24) is 5.32 Å². The van der Waals surface area contributed by atoms with E-state index < -0.39 is 15.6 Å². The van der Waals surface area contributed by atoms with E-state index in [0.717, 1.165) is 0 Å². The molecule has 2 aromatic rings. The predicted molar refractivity (Wildman–Crippen MR) is 101 cm³/mol. The molecule has 2 N–H and O–H groups in total. The van der Waals surface area contributed by atoms with E-state index >= 15 is 0 Å². The summed E-state index contributed by atoms with van der Waals surface area (Å²) in [6, 6.07) is 13.3. The van der Waals surface area contributed by atoms with E-state index in [2.05, 4.69) is 10.0 Å². The molecule has 0 aliphatic rings. The fourth-order valence-corrected chi connectivity index (χ4v) is 3.58. The minimum Gasteiger partial charge on any atom is -0.347 e. The van der Waals surface area contributed by atoms with Crippen molar-refractivity contribution in [3.63, 3.8) is 0 Å². The number of rotatable bonds is 5. The summed E-state index contributed by atoms with van der Waals surface area (Å²) in [6.07, 6.45) is 0. The van der Waals surface area contributed by atoms with Crippen LogP contribution >= 0.6 is 11.6 Å². The molecule has 0 spiro atoms. The summed E-state index contributed by atoms with van der Waals surface area (Å²) in [7, 11) is -3.69. The van der Waals surface area contributed by atoms with Gasteiger partial charge in [0.1, 0.15) is 0 Å². The fraction of sp³-hybridized carbons (Fsp3) is 0.278. The van der Waals surface area contributed by atoms with E-state index in [4.69, 9.17) is 11.6 Å². The number of sulfonamides is 1. The Labute approximate surface area is 153 Å². The third kappa shape index (κ3) is 6.07. The third-order valence-electron chi connectivity index (χ3n) is 3.18. The van der Waals surface area contributed by atoms with Gasteiger partial charge in [0.25, 0.3) is 5.91 Å². The summed E-state index contributed by atoms with van der Waals surface area (Å²) in [6.45, 7) is 5.54. The number of hydrogen-bond acceptors (Lipinski definition) is 3. The van der Waals surface area contributed by atoms with Crippen molar-refractivity contribution >= 4 is 33.2 Å². The van der Waals surface area contributed by atoms with Crippen LogP contribution in [0, 0.1) is 0 Å². The third-order valence-corrected chi connectivity index (χ3v) is 4.66. The highest BCUT2D eigenvalue weighted by Gasteiger charge is 2.21. The molecule has 0 saturated carbocycles. The van der Waals surface area contributed by atoms with Crippen LogP contribution in [0.1, 0.15) is 36.7 Å². The Balaban J connectivity index is 2.29. The second kappa shape index (κ2) is 7.45. The molecule has 25 heavy (non-hydrogen) atoms. The van der Waals surface area contributed by atoms with Gasteiger partial charge < -0.3 is 5.32 Å². The first-order chi connectivity index (χ1) is 11.6. The Hall–Kier alpha value is -2.05. The largest absolute Gasteiger partial charge is 0.347 e. The van der Waals surface area contributed by atoms with Gasteiger partial charge in [-0.25, -0.2) is 8.42 Å². The lowest BCUT2D eigenvalue weighted by Crippen LogP contribution is -2.40. The maximum absolute atomic E-state index is 12.5. The Kier molecular flexibility index (Phi) is 5.75. The van der Waals surface area contributed by atoms with Gasteiger partial charge in [0, 0.05) is 10.6 Å². The summed E-state index contributed by atoms with van der Waals surface area (Å²) < 4.78 is 27.4. The maximum atomic E-state index is 12.5. The van der Waals surface area contributed by atoms with Crippen molar-refractivity contribution < 1.29 is 13.2 Å². The van der Waals surface area contributed by atoms with Gasteiger partial charge in [-0.15, -0.1) is 0 Å². The van der Waals surface area contributed by atoms with Gasteiger partial charge in [0.15, 0.2) is 0 Å². The molecule has 2 rings (SSSR count). The molecule has 0 atom stereocenters. The van der Waals surface area contributed by atoms with E-state index in [1.54, 1.807) is 30.3 Å². The van der Waals surface area contributed by atoms with E-state index in [1.807, 2.05) is 26.8 Å². The van der Waals surface area contributed by atoms with Crippen molar-refractivity contribution in [2.75, 3.05) is 4.72 Å². The molecule has 2 aromatic carbocycles. The van der Waals surface area contributed by atoms with Crippen LogP contribution in [0.5, 0.6) is 0 Å². The number of nitrogens with one attached hydrogen (secondary N) is 2. The lowest BCUT2D eigenvalue weighted by atomic mass is 10.1. The molecule has 5 nitrogen and oxygen atoms in total. The molecule has 1 amide bonds. The molecule has 134 valence electrons. The van der Waals surface area contributed by atoms with Gasteiger partial charge in [-0.05, 0) is 44.5 Å². The van der Waals surface area contributed by atoms with E-state index in [9.17, 15) is 13.2 Å². The van der Waals surface area contributed by atoms with Crippen molar-refractivity contribution in [1.29, 1.82) is 0 Å². The molecular formula is C18H21ClN2O3S. The zero-order chi connectivity index (χ0) is 18.7. The number of carbonyl (C=O) groups excluding carboxylic acids is 1. The van der Waals surface area contributed by atoms with Crippen LogP contribution in [0.15, 0.2) is 48.5 Å². The molecule has 7 heteroatoms. The smallest absolute Gasteiger partial charge is 0.253 e. The second-order valence-corrected chi connectivity index (χ2v) is 8.90. The normalized spacial score (nSPS) is 11.8. The lowest BCUT2D eigenvalue weighted by molar-refractivity contribution is 0.0920. The molecule has 0 unspecified atom stereocenters. The molecule has 0 heterocycles. The average molecular weight is 381 g/mol. The first-order valence-corrected chi connectivity index (χ1v) is 9.75. The highest BCUT2D eigenvalue weighted by Crippen LogP contribution is 2.23. The first kappa shape index (κ1) is 19.3. The number of benzene rings is 2. The van der Waals surface area contributed by atoms with E-state index in [-0.39, 0.29) is 22.9 Å². The van der Waals surface area contributed by atoms with Gasteiger partial charge in [0.2, 0.25) is 10.0 Å². The average Bonchev–Trinajstić information content (AvgIpc) is 2.45. The van der Waals surface area contributed by atoms with Crippen LogP contribution < -0.4 is 10.0 Å². The van der Waals surface area contributed by atoms with Crippen LogP contribution in [0.2, 0.25) is 5.02 Å². The molecule has 0 aromatic heterocycles. The minimum absolute atomic E-state index is 0.158. The first-order valence-electron chi connectivity index (χ1n) is 7.72. The molecule has 0 aliphatic heterocycles. The van der Waals surface area contributed by atoms with E-state index in [0.29, 0.717) is 10.6 Å². The Morgan fingerprint density at radius 1 is 1.08 bits per heavy atom. The molecule has 0 bridgehead atoms. The summed E-state index contributed by atoms with van der Waals surface area (Å²) in [5, 5.41) is 3.15. The molecular weight excluding hydrogens is 360 g/mol. The monoisotopic (exact) mass is 380 g/mol. The quantitative estimate of drug-likeness (QED) is 0.828. The predicted octanol–water partition coefficient (Wildman–Crippen LogP) is 3.81. The van der Waals surface area contributed by atoms with Crippen LogP contribution in [0.3, 0.4) is 0 Å². The minimum atomic E-state index is -3.69. The topological polar surface area (TPSA) is 75.3 Å². The number of anilines is 1. The molecule has 0 aliphatic carbocycles. The number of amides is 1. The summed E-state index contributed by atoms with van der Waals surface area (Å²) in [4.78, 5) is 12.4. The zero-order valence-corrected chi connectivity index (χ0v) is 15.9. The van der Waals surface area contributed by atoms with Crippen LogP contribution in [0.4, 0.5) is 5.69 Å². The molecule has 0 radical (unpaired) electrons. The zero-order valence-electron chi connectivity index (χ0n) is 14.3. The summed E-state index contributed by atoms with van der Waals surface area (Å²) in [5.41, 5.74) is 0.579. The van der Waals surface area contributed by atoms with Crippen LogP contribution in [0.25, 0.3) is 0 Å². The van der Waals surface area contributed by atoms with Gasteiger partial charge in [-0.3, -0.25) is 9.52 Å². The lowest BCUT2D eigenvalue weighted by Gasteiger charge is -2.22. The highest BCUT2D eigenvalue weighted by atomic mass is 35.5. The van der Waals surface area contributed by atoms with Crippen LogP contribution in [-0.2, 0) is 15.8 Å². The Bertz CT molecular complexity index is 860.